The molecule has 0 bridgehead atoms. The van der Waals surface area contributed by atoms with Crippen LogP contribution in [0.15, 0.2) is 12.4 Å². The minimum Gasteiger partial charge on any atom is -0.375 e. The Morgan fingerprint density at radius 3 is 2.95 bits per heavy atom. The molecule has 124 valence electrons. The van der Waals surface area contributed by atoms with Crippen LogP contribution in [0.2, 0.25) is 0 Å². The van der Waals surface area contributed by atoms with E-state index in [4.69, 9.17) is 4.74 Å². The number of morpholine rings is 1. The van der Waals surface area contributed by atoms with E-state index in [9.17, 15) is 4.79 Å². The molecule has 0 unspecified atom stereocenters. The quantitative estimate of drug-likeness (QED) is 0.862. The Labute approximate surface area is 132 Å². The monoisotopic (exact) mass is 308 g/mol. The van der Waals surface area contributed by atoms with Crippen LogP contribution in [0.3, 0.4) is 0 Å². The Balaban J connectivity index is 1.80. The second-order valence-corrected chi connectivity index (χ2v) is 6.15. The van der Waals surface area contributed by atoms with Crippen LogP contribution >= 0.6 is 0 Å². The topological polar surface area (TPSA) is 59.4 Å². The first kappa shape index (κ1) is 17.0. The lowest BCUT2D eigenvalue weighted by atomic mass is 10.1. The van der Waals surface area contributed by atoms with Crippen molar-refractivity contribution in [2.24, 2.45) is 0 Å². The van der Waals surface area contributed by atoms with E-state index in [1.165, 1.54) is 0 Å². The Kier molecular flexibility index (Phi) is 5.97. The normalized spacial score (nSPS) is 21.6. The maximum atomic E-state index is 12.3. The number of aryl methyl sites for hydroxylation is 1. The summed E-state index contributed by atoms with van der Waals surface area (Å²) >= 11 is 0. The summed E-state index contributed by atoms with van der Waals surface area (Å²) in [5.41, 5.74) is 1.15. The predicted molar refractivity (Wildman–Crippen MR) is 85.8 cm³/mol. The van der Waals surface area contributed by atoms with E-state index in [1.54, 1.807) is 0 Å². The van der Waals surface area contributed by atoms with Crippen LogP contribution in [-0.2, 0) is 9.53 Å². The fraction of sp³-hybridized carbons (Fsp3) is 0.750. The summed E-state index contributed by atoms with van der Waals surface area (Å²) in [5.74, 6) is 0.150. The van der Waals surface area contributed by atoms with E-state index in [2.05, 4.69) is 31.2 Å². The lowest BCUT2D eigenvalue weighted by Crippen LogP contribution is -2.49. The van der Waals surface area contributed by atoms with Gasteiger partial charge >= 0.3 is 0 Å². The van der Waals surface area contributed by atoms with Crippen LogP contribution < -0.4 is 5.32 Å². The zero-order chi connectivity index (χ0) is 16.1. The molecule has 1 aromatic heterocycles. The second-order valence-electron chi connectivity index (χ2n) is 6.15. The molecule has 1 aromatic rings. The number of aromatic nitrogens is 2. The van der Waals surface area contributed by atoms with Crippen molar-refractivity contribution >= 4 is 5.91 Å². The summed E-state index contributed by atoms with van der Waals surface area (Å²) < 4.78 is 7.55. The number of ether oxygens (including phenoxy) is 1. The first-order chi connectivity index (χ1) is 10.5. The third kappa shape index (κ3) is 4.30. The van der Waals surface area contributed by atoms with E-state index >= 15 is 0 Å². The average Bonchev–Trinajstić information content (AvgIpc) is 2.98. The number of rotatable bonds is 6. The molecule has 1 fully saturated rings. The van der Waals surface area contributed by atoms with Crippen molar-refractivity contribution in [3.05, 3.63) is 18.0 Å². The van der Waals surface area contributed by atoms with E-state index in [-0.39, 0.29) is 24.1 Å². The summed E-state index contributed by atoms with van der Waals surface area (Å²) in [6, 6.07) is 0.376. The van der Waals surface area contributed by atoms with Gasteiger partial charge in [-0.25, -0.2) is 0 Å². The molecule has 1 N–H and O–H groups in total. The van der Waals surface area contributed by atoms with Gasteiger partial charge in [0.25, 0.3) is 0 Å². The number of nitrogens with one attached hydrogen (secondary N) is 1. The lowest BCUT2D eigenvalue weighted by Gasteiger charge is -2.33. The third-order valence-electron chi connectivity index (χ3n) is 4.39. The van der Waals surface area contributed by atoms with E-state index in [0.29, 0.717) is 26.2 Å². The van der Waals surface area contributed by atoms with Gasteiger partial charge in [-0.05, 0) is 32.8 Å². The molecule has 1 aliphatic heterocycles. The number of carbonyl (C=O) groups excluding carboxylic acids is 1. The smallest absolute Gasteiger partial charge is 0.236 e. The Hall–Kier alpha value is -1.40. The number of carbonyl (C=O) groups is 1. The molecule has 2 rings (SSSR count). The van der Waals surface area contributed by atoms with Crippen molar-refractivity contribution < 1.29 is 9.53 Å². The Morgan fingerprint density at radius 2 is 2.32 bits per heavy atom. The first-order valence-electron chi connectivity index (χ1n) is 8.14. The molecule has 6 nitrogen and oxygen atoms in total. The zero-order valence-corrected chi connectivity index (χ0v) is 14.1. The van der Waals surface area contributed by atoms with Gasteiger partial charge in [-0.3, -0.25) is 9.48 Å². The van der Waals surface area contributed by atoms with Crippen molar-refractivity contribution in [3.8, 4) is 0 Å². The molecule has 1 aliphatic rings. The maximum absolute atomic E-state index is 12.3. The van der Waals surface area contributed by atoms with Gasteiger partial charge in [-0.1, -0.05) is 6.92 Å². The highest BCUT2D eigenvalue weighted by Gasteiger charge is 2.23. The molecule has 1 saturated heterocycles. The van der Waals surface area contributed by atoms with Gasteiger partial charge in [-0.15, -0.1) is 0 Å². The first-order valence-corrected chi connectivity index (χ1v) is 8.14. The van der Waals surface area contributed by atoms with Gasteiger partial charge in [0.1, 0.15) is 0 Å². The van der Waals surface area contributed by atoms with Crippen LogP contribution in [-0.4, -0.2) is 59.0 Å². The van der Waals surface area contributed by atoms with Crippen molar-refractivity contribution in [2.45, 2.75) is 52.3 Å². The van der Waals surface area contributed by atoms with Crippen molar-refractivity contribution in [2.75, 3.05) is 26.2 Å². The summed E-state index contributed by atoms with van der Waals surface area (Å²) in [5, 5.41) is 7.67. The molecule has 22 heavy (non-hydrogen) atoms. The van der Waals surface area contributed by atoms with Crippen LogP contribution in [0.1, 0.15) is 38.8 Å². The Morgan fingerprint density at radius 1 is 1.55 bits per heavy atom. The predicted octanol–water partition coefficient (Wildman–Crippen LogP) is 1.37. The molecule has 1 amide bonds. The largest absolute Gasteiger partial charge is 0.375 e. The molecular weight excluding hydrogens is 280 g/mol. The molecule has 0 radical (unpaired) electrons. The van der Waals surface area contributed by atoms with Gasteiger partial charge in [-0.2, -0.15) is 5.10 Å². The molecule has 2 heterocycles. The maximum Gasteiger partial charge on any atom is 0.236 e. The fourth-order valence-electron chi connectivity index (χ4n) is 2.61. The number of hydrogen-bond donors (Lipinski definition) is 1. The van der Waals surface area contributed by atoms with Gasteiger partial charge in [0.05, 0.1) is 31.5 Å². The van der Waals surface area contributed by atoms with Gasteiger partial charge in [0, 0.05) is 25.3 Å². The zero-order valence-electron chi connectivity index (χ0n) is 14.1. The highest BCUT2D eigenvalue weighted by Crippen LogP contribution is 2.11. The summed E-state index contributed by atoms with van der Waals surface area (Å²) in [4.78, 5) is 14.2. The molecule has 0 aliphatic carbocycles. The summed E-state index contributed by atoms with van der Waals surface area (Å²) in [6.07, 6.45) is 5.01. The lowest BCUT2D eigenvalue weighted by molar-refractivity contribution is -0.138. The second kappa shape index (κ2) is 7.74. The highest BCUT2D eigenvalue weighted by molar-refractivity contribution is 5.78. The van der Waals surface area contributed by atoms with E-state index in [1.807, 2.05) is 28.9 Å². The van der Waals surface area contributed by atoms with Crippen molar-refractivity contribution in [1.82, 2.24) is 20.0 Å². The van der Waals surface area contributed by atoms with Gasteiger partial charge in [0.2, 0.25) is 5.91 Å². The minimum absolute atomic E-state index is 0.150. The van der Waals surface area contributed by atoms with Crippen LogP contribution in [0.4, 0.5) is 0 Å². The minimum atomic E-state index is 0.150. The van der Waals surface area contributed by atoms with Crippen LogP contribution in [0, 0.1) is 6.92 Å². The summed E-state index contributed by atoms with van der Waals surface area (Å²) in [6.45, 7) is 10.7. The van der Waals surface area contributed by atoms with E-state index < -0.39 is 0 Å². The molecule has 0 aromatic carbocycles. The van der Waals surface area contributed by atoms with Gasteiger partial charge < -0.3 is 15.0 Å². The molecule has 3 atom stereocenters. The summed E-state index contributed by atoms with van der Waals surface area (Å²) in [7, 11) is 0. The van der Waals surface area contributed by atoms with E-state index in [0.717, 1.165) is 12.0 Å². The highest BCUT2D eigenvalue weighted by atomic mass is 16.5. The fourth-order valence-corrected chi connectivity index (χ4v) is 2.61. The number of nitrogens with zero attached hydrogens (tertiary/aromatic N) is 3. The average molecular weight is 308 g/mol. The number of amides is 1. The Bertz CT molecular complexity index is 488. The third-order valence-corrected chi connectivity index (χ3v) is 4.39. The molecule has 6 heteroatoms. The SMILES string of the molecule is CC[C@@H]1CN(C(=O)CN[C@H](C)[C@@H](C)n2cc(C)cn2)CCO1. The molecular formula is C16H28N4O2. The molecule has 0 saturated carbocycles. The van der Waals surface area contributed by atoms with Crippen LogP contribution in [0.25, 0.3) is 0 Å². The number of hydrogen-bond acceptors (Lipinski definition) is 4. The van der Waals surface area contributed by atoms with Gasteiger partial charge in [0.15, 0.2) is 0 Å². The molecule has 0 spiro atoms. The standard InChI is InChI=1S/C16H28N4O2/c1-5-15-11-19(6-7-22-15)16(21)9-17-13(3)14(4)20-10-12(2)8-18-20/h8,10,13-15,17H,5-7,9,11H2,1-4H3/t13-,14-,15-/m1/s1. The van der Waals surface area contributed by atoms with Crippen molar-refractivity contribution in [1.29, 1.82) is 0 Å². The van der Waals surface area contributed by atoms with Crippen molar-refractivity contribution in [3.63, 3.8) is 0 Å². The van der Waals surface area contributed by atoms with Crippen LogP contribution in [0.5, 0.6) is 0 Å².